The van der Waals surface area contributed by atoms with Crippen LogP contribution in [0.2, 0.25) is 0 Å². The second-order valence-electron chi connectivity index (χ2n) is 6.83. The summed E-state index contributed by atoms with van der Waals surface area (Å²) in [5.74, 6) is 0. The van der Waals surface area contributed by atoms with Crippen LogP contribution in [0.4, 0.5) is 0 Å². The zero-order chi connectivity index (χ0) is 16.4. The number of likely N-dealkylation sites (tertiary alicyclic amines) is 1. The average molecular weight is 315 g/mol. The maximum absolute atomic E-state index is 2.61. The number of piperidine rings is 1. The fourth-order valence-corrected chi connectivity index (χ4v) is 4.06. The van der Waals surface area contributed by atoms with Crippen LogP contribution < -0.4 is 0 Å². The minimum absolute atomic E-state index is 1.19. The fourth-order valence-electron chi connectivity index (χ4n) is 4.06. The largest absolute Gasteiger partial charge is 0.303 e. The highest BCUT2D eigenvalue weighted by molar-refractivity contribution is 5.94. The quantitative estimate of drug-likeness (QED) is 0.605. The monoisotopic (exact) mass is 315 g/mol. The van der Waals surface area contributed by atoms with Gasteiger partial charge in [-0.2, -0.15) is 0 Å². The van der Waals surface area contributed by atoms with Gasteiger partial charge in [-0.1, -0.05) is 73.2 Å². The second-order valence-corrected chi connectivity index (χ2v) is 6.83. The van der Waals surface area contributed by atoms with Crippen LogP contribution in [0.1, 0.15) is 48.4 Å². The van der Waals surface area contributed by atoms with Crippen LogP contribution in [0.15, 0.2) is 54.1 Å². The van der Waals surface area contributed by atoms with E-state index in [1.165, 1.54) is 66.7 Å². The first-order valence-electron chi connectivity index (χ1n) is 9.18. The number of nitrogens with zero attached hydrogens (tertiary/aromatic N) is 1. The summed E-state index contributed by atoms with van der Waals surface area (Å²) in [6, 6.07) is 17.7. The van der Waals surface area contributed by atoms with Gasteiger partial charge >= 0.3 is 0 Å². The number of fused-ring (bicyclic) bond motifs is 2. The van der Waals surface area contributed by atoms with Crippen LogP contribution >= 0.6 is 0 Å². The number of hydrogen-bond donors (Lipinski definition) is 0. The van der Waals surface area contributed by atoms with E-state index in [2.05, 4.69) is 72.5 Å². The van der Waals surface area contributed by atoms with E-state index in [1.54, 1.807) is 5.57 Å². The normalized spacial score (nSPS) is 17.4. The summed E-state index contributed by atoms with van der Waals surface area (Å²) >= 11 is 0. The van der Waals surface area contributed by atoms with Crippen molar-refractivity contribution >= 4 is 17.7 Å². The Kier molecular flexibility index (Phi) is 4.36. The zero-order valence-electron chi connectivity index (χ0n) is 14.5. The highest BCUT2D eigenvalue weighted by Crippen LogP contribution is 2.38. The van der Waals surface area contributed by atoms with Gasteiger partial charge in [-0.25, -0.2) is 0 Å². The number of rotatable bonds is 2. The van der Waals surface area contributed by atoms with Crippen LogP contribution in [0.3, 0.4) is 0 Å². The third-order valence-electron chi connectivity index (χ3n) is 5.26. The number of benzene rings is 2. The molecule has 0 spiro atoms. The van der Waals surface area contributed by atoms with Gasteiger partial charge in [0.2, 0.25) is 0 Å². The van der Waals surface area contributed by atoms with Crippen molar-refractivity contribution in [2.75, 3.05) is 19.6 Å². The molecule has 122 valence electrons. The Bertz CT molecular complexity index is 736. The molecule has 0 saturated carbocycles. The maximum atomic E-state index is 2.61. The zero-order valence-corrected chi connectivity index (χ0v) is 14.5. The van der Waals surface area contributed by atoms with Gasteiger partial charge < -0.3 is 4.90 Å². The minimum atomic E-state index is 1.19. The Morgan fingerprint density at radius 2 is 1.33 bits per heavy atom. The molecule has 1 heteroatoms. The Labute approximate surface area is 145 Å². The van der Waals surface area contributed by atoms with Crippen molar-refractivity contribution in [2.24, 2.45) is 0 Å². The lowest BCUT2D eigenvalue weighted by Gasteiger charge is -2.30. The molecule has 0 unspecified atom stereocenters. The van der Waals surface area contributed by atoms with E-state index in [-0.39, 0.29) is 0 Å². The molecule has 1 fully saturated rings. The van der Waals surface area contributed by atoms with E-state index in [1.807, 2.05) is 0 Å². The maximum Gasteiger partial charge on any atom is 0.00190 e. The van der Waals surface area contributed by atoms with Gasteiger partial charge in [-0.3, -0.25) is 0 Å². The molecule has 1 aliphatic carbocycles. The van der Waals surface area contributed by atoms with E-state index >= 15 is 0 Å². The third-order valence-corrected chi connectivity index (χ3v) is 5.26. The van der Waals surface area contributed by atoms with Crippen LogP contribution in [0.5, 0.6) is 0 Å². The lowest BCUT2D eigenvalue weighted by molar-refractivity contribution is 0.257. The van der Waals surface area contributed by atoms with Gasteiger partial charge in [0.1, 0.15) is 0 Å². The molecule has 1 heterocycles. The standard InChI is InChI=1S/C23H25N/c1-2-15-24-16-13-20(14-17-24)23-21-9-5-3-7-18(21)11-12-19-8-4-6-10-22(19)23/h3-12H,2,13-17H2,1H3. The number of hydrogen-bond acceptors (Lipinski definition) is 1. The molecule has 1 nitrogen and oxygen atoms in total. The van der Waals surface area contributed by atoms with Crippen LogP contribution in [-0.4, -0.2) is 24.5 Å². The smallest absolute Gasteiger partial charge is 0.00190 e. The fraction of sp³-hybridized carbons (Fsp3) is 0.304. The summed E-state index contributed by atoms with van der Waals surface area (Å²) in [7, 11) is 0. The summed E-state index contributed by atoms with van der Waals surface area (Å²) in [5, 5.41) is 0. The van der Waals surface area contributed by atoms with E-state index in [4.69, 9.17) is 0 Å². The molecule has 2 aromatic rings. The van der Waals surface area contributed by atoms with Gasteiger partial charge in [0, 0.05) is 13.1 Å². The van der Waals surface area contributed by atoms with Crippen molar-refractivity contribution in [1.29, 1.82) is 0 Å². The summed E-state index contributed by atoms with van der Waals surface area (Å²) < 4.78 is 0. The van der Waals surface area contributed by atoms with Crippen molar-refractivity contribution < 1.29 is 0 Å². The van der Waals surface area contributed by atoms with Crippen LogP contribution in [0.25, 0.3) is 17.7 Å². The van der Waals surface area contributed by atoms with E-state index < -0.39 is 0 Å². The molecule has 24 heavy (non-hydrogen) atoms. The second kappa shape index (κ2) is 6.78. The average Bonchev–Trinajstić information content (AvgIpc) is 2.80. The van der Waals surface area contributed by atoms with Crippen LogP contribution in [-0.2, 0) is 0 Å². The third kappa shape index (κ3) is 2.85. The Morgan fingerprint density at radius 3 is 1.88 bits per heavy atom. The first kappa shape index (κ1) is 15.4. The summed E-state index contributed by atoms with van der Waals surface area (Å²) in [6.07, 6.45) is 8.18. The Balaban J connectivity index is 1.82. The van der Waals surface area contributed by atoms with Crippen molar-refractivity contribution in [3.63, 3.8) is 0 Å². The van der Waals surface area contributed by atoms with Crippen molar-refractivity contribution in [1.82, 2.24) is 4.90 Å². The van der Waals surface area contributed by atoms with Gasteiger partial charge in [0.15, 0.2) is 0 Å². The highest BCUT2D eigenvalue weighted by atomic mass is 15.1. The molecular formula is C23H25N. The summed E-state index contributed by atoms with van der Waals surface area (Å²) in [5.41, 5.74) is 8.60. The summed E-state index contributed by atoms with van der Waals surface area (Å²) in [6.45, 7) is 5.91. The molecular weight excluding hydrogens is 290 g/mol. The molecule has 0 amide bonds. The van der Waals surface area contributed by atoms with Crippen molar-refractivity contribution in [3.8, 4) is 0 Å². The van der Waals surface area contributed by atoms with Gasteiger partial charge in [0.25, 0.3) is 0 Å². The molecule has 0 radical (unpaired) electrons. The Morgan fingerprint density at radius 1 is 0.792 bits per heavy atom. The van der Waals surface area contributed by atoms with Gasteiger partial charge in [-0.05, 0) is 53.6 Å². The SMILES string of the molecule is CCCN1CCC(=C2c3ccccc3C=Cc3ccccc32)CC1. The van der Waals surface area contributed by atoms with E-state index in [0.29, 0.717) is 0 Å². The predicted octanol–water partition coefficient (Wildman–Crippen LogP) is 5.48. The van der Waals surface area contributed by atoms with Crippen molar-refractivity contribution in [3.05, 3.63) is 76.4 Å². The van der Waals surface area contributed by atoms with E-state index in [9.17, 15) is 0 Å². The summed E-state index contributed by atoms with van der Waals surface area (Å²) in [4.78, 5) is 2.61. The molecule has 2 aromatic carbocycles. The van der Waals surface area contributed by atoms with Gasteiger partial charge in [0.05, 0.1) is 0 Å². The first-order chi connectivity index (χ1) is 11.9. The molecule has 0 bridgehead atoms. The molecule has 0 N–H and O–H groups in total. The topological polar surface area (TPSA) is 3.24 Å². The molecule has 2 aliphatic rings. The molecule has 0 atom stereocenters. The first-order valence-corrected chi connectivity index (χ1v) is 9.18. The highest BCUT2D eigenvalue weighted by Gasteiger charge is 2.21. The van der Waals surface area contributed by atoms with Crippen LogP contribution in [0, 0.1) is 0 Å². The van der Waals surface area contributed by atoms with E-state index in [0.717, 1.165) is 0 Å². The molecule has 4 rings (SSSR count). The van der Waals surface area contributed by atoms with Crippen molar-refractivity contribution in [2.45, 2.75) is 26.2 Å². The van der Waals surface area contributed by atoms with Gasteiger partial charge in [-0.15, -0.1) is 0 Å². The predicted molar refractivity (Wildman–Crippen MR) is 104 cm³/mol. The molecule has 1 saturated heterocycles. The Hall–Kier alpha value is -2.12. The molecule has 0 aromatic heterocycles. The lowest BCUT2D eigenvalue weighted by atomic mass is 9.86. The lowest BCUT2D eigenvalue weighted by Crippen LogP contribution is -2.31. The molecule has 1 aliphatic heterocycles. The minimum Gasteiger partial charge on any atom is -0.303 e.